The topological polar surface area (TPSA) is 98.7 Å². The Kier molecular flexibility index (Phi) is 6.25. The normalized spacial score (nSPS) is 11.6. The summed E-state index contributed by atoms with van der Waals surface area (Å²) in [5, 5.41) is 23.5. The lowest BCUT2D eigenvalue weighted by molar-refractivity contribution is -0.141. The van der Waals surface area contributed by atoms with Crippen molar-refractivity contribution in [3.63, 3.8) is 0 Å². The Hall–Kier alpha value is -2.34. The van der Waals surface area contributed by atoms with Gasteiger partial charge < -0.3 is 20.8 Å². The number of carbonyl (C=O) groups excluding carboxylic acids is 1. The van der Waals surface area contributed by atoms with Gasteiger partial charge in [0.15, 0.2) is 0 Å². The predicted octanol–water partition coefficient (Wildman–Crippen LogP) is 0.280. The Balaban J connectivity index is 2.56. The second-order valence-electron chi connectivity index (χ2n) is 4.25. The van der Waals surface area contributed by atoms with E-state index in [0.29, 0.717) is 6.54 Å². The first-order valence-electron chi connectivity index (χ1n) is 6.14. The summed E-state index contributed by atoms with van der Waals surface area (Å²) < 4.78 is 0. The van der Waals surface area contributed by atoms with Crippen LogP contribution in [0.2, 0.25) is 0 Å². The molecule has 0 aliphatic heterocycles. The molecule has 6 nitrogen and oxygen atoms in total. The van der Waals surface area contributed by atoms with Crippen LogP contribution in [0.5, 0.6) is 5.75 Å². The fourth-order valence-electron chi connectivity index (χ4n) is 1.60. The summed E-state index contributed by atoms with van der Waals surface area (Å²) in [4.78, 5) is 22.7. The van der Waals surface area contributed by atoms with Crippen molar-refractivity contribution in [2.45, 2.75) is 12.5 Å². The number of hydrogen-bond acceptors (Lipinski definition) is 4. The summed E-state index contributed by atoms with van der Waals surface area (Å²) in [7, 11) is 0. The van der Waals surface area contributed by atoms with Gasteiger partial charge in [0.25, 0.3) is 0 Å². The zero-order valence-corrected chi connectivity index (χ0v) is 11.0. The molecule has 6 heteroatoms. The van der Waals surface area contributed by atoms with Gasteiger partial charge in [0.2, 0.25) is 5.91 Å². The third-order valence-corrected chi connectivity index (χ3v) is 2.58. The molecule has 4 N–H and O–H groups in total. The number of hydrogen-bond donors (Lipinski definition) is 4. The average molecular weight is 278 g/mol. The minimum Gasteiger partial charge on any atom is -0.508 e. The number of benzene rings is 1. The van der Waals surface area contributed by atoms with Gasteiger partial charge in [0.05, 0.1) is 6.54 Å². The van der Waals surface area contributed by atoms with Crippen molar-refractivity contribution >= 4 is 11.9 Å². The maximum Gasteiger partial charge on any atom is 0.326 e. The second-order valence-corrected chi connectivity index (χ2v) is 4.25. The highest BCUT2D eigenvalue weighted by atomic mass is 16.4. The highest BCUT2D eigenvalue weighted by molar-refractivity contribution is 5.84. The van der Waals surface area contributed by atoms with Crippen LogP contribution >= 0.6 is 0 Å². The number of carboxylic acid groups (broad SMARTS) is 1. The summed E-state index contributed by atoms with van der Waals surface area (Å²) in [6.45, 7) is 4.01. The molecule has 1 atom stereocenters. The van der Waals surface area contributed by atoms with E-state index >= 15 is 0 Å². The van der Waals surface area contributed by atoms with Crippen molar-refractivity contribution in [1.29, 1.82) is 0 Å². The maximum atomic E-state index is 11.6. The van der Waals surface area contributed by atoms with E-state index in [1.165, 1.54) is 12.1 Å². The summed E-state index contributed by atoms with van der Waals surface area (Å²) in [6.07, 6.45) is 1.77. The third-order valence-electron chi connectivity index (χ3n) is 2.58. The van der Waals surface area contributed by atoms with E-state index in [9.17, 15) is 9.59 Å². The predicted molar refractivity (Wildman–Crippen MR) is 74.4 cm³/mol. The number of phenols is 1. The van der Waals surface area contributed by atoms with Gasteiger partial charge in [-0.2, -0.15) is 0 Å². The number of aliphatic carboxylic acids is 1. The smallest absolute Gasteiger partial charge is 0.326 e. The SMILES string of the molecule is C=CCNCC(=O)NC(Cc1ccc(O)cc1)C(=O)O. The van der Waals surface area contributed by atoms with Crippen molar-refractivity contribution in [2.24, 2.45) is 0 Å². The van der Waals surface area contributed by atoms with E-state index in [4.69, 9.17) is 10.2 Å². The highest BCUT2D eigenvalue weighted by Gasteiger charge is 2.20. The molecule has 1 unspecified atom stereocenters. The Bertz CT molecular complexity index is 471. The van der Waals surface area contributed by atoms with E-state index in [-0.39, 0.29) is 18.7 Å². The van der Waals surface area contributed by atoms with Crippen LogP contribution < -0.4 is 10.6 Å². The monoisotopic (exact) mass is 278 g/mol. The van der Waals surface area contributed by atoms with E-state index in [1.807, 2.05) is 0 Å². The first kappa shape index (κ1) is 15.7. The molecule has 0 heterocycles. The van der Waals surface area contributed by atoms with Crippen LogP contribution in [0.1, 0.15) is 5.56 Å². The molecule has 1 rings (SSSR count). The molecule has 1 amide bonds. The molecular formula is C14H18N2O4. The number of rotatable bonds is 8. The Morgan fingerprint density at radius 2 is 1.95 bits per heavy atom. The van der Waals surface area contributed by atoms with Gasteiger partial charge >= 0.3 is 5.97 Å². The van der Waals surface area contributed by atoms with Gasteiger partial charge in [-0.25, -0.2) is 4.79 Å². The molecule has 1 aromatic carbocycles. The molecule has 1 aromatic rings. The number of carboxylic acids is 1. The summed E-state index contributed by atoms with van der Waals surface area (Å²) >= 11 is 0. The van der Waals surface area contributed by atoms with Crippen LogP contribution in [0.15, 0.2) is 36.9 Å². The summed E-state index contributed by atoms with van der Waals surface area (Å²) in [5.41, 5.74) is 0.717. The maximum absolute atomic E-state index is 11.6. The Morgan fingerprint density at radius 3 is 2.50 bits per heavy atom. The molecule has 20 heavy (non-hydrogen) atoms. The first-order chi connectivity index (χ1) is 9.52. The molecule has 0 radical (unpaired) electrons. The lowest BCUT2D eigenvalue weighted by atomic mass is 10.1. The van der Waals surface area contributed by atoms with Gasteiger partial charge in [0.1, 0.15) is 11.8 Å². The average Bonchev–Trinajstić information content (AvgIpc) is 2.40. The zero-order valence-electron chi connectivity index (χ0n) is 11.0. The standard InChI is InChI=1S/C14H18N2O4/c1-2-7-15-9-13(18)16-12(14(19)20)8-10-3-5-11(17)6-4-10/h2-6,12,15,17H,1,7-9H2,(H,16,18)(H,19,20). The quantitative estimate of drug-likeness (QED) is 0.404. The highest BCUT2D eigenvalue weighted by Crippen LogP contribution is 2.11. The second kappa shape index (κ2) is 7.96. The largest absolute Gasteiger partial charge is 0.508 e. The van der Waals surface area contributed by atoms with Crippen molar-refractivity contribution < 1.29 is 19.8 Å². The molecule has 0 aliphatic carbocycles. The Morgan fingerprint density at radius 1 is 1.30 bits per heavy atom. The summed E-state index contributed by atoms with van der Waals surface area (Å²) in [6, 6.07) is 5.18. The van der Waals surface area contributed by atoms with E-state index in [2.05, 4.69) is 17.2 Å². The minimum atomic E-state index is -1.10. The van der Waals surface area contributed by atoms with Gasteiger partial charge in [-0.15, -0.1) is 6.58 Å². The molecule has 0 saturated heterocycles. The van der Waals surface area contributed by atoms with Crippen LogP contribution in [0.25, 0.3) is 0 Å². The van der Waals surface area contributed by atoms with Crippen LogP contribution in [-0.2, 0) is 16.0 Å². The Labute approximate surface area is 117 Å². The lowest BCUT2D eigenvalue weighted by Crippen LogP contribution is -2.45. The number of aromatic hydroxyl groups is 1. The van der Waals surface area contributed by atoms with Crippen molar-refractivity contribution in [2.75, 3.05) is 13.1 Å². The van der Waals surface area contributed by atoms with E-state index in [0.717, 1.165) is 5.56 Å². The van der Waals surface area contributed by atoms with Crippen molar-refractivity contribution in [1.82, 2.24) is 10.6 Å². The van der Waals surface area contributed by atoms with Crippen LogP contribution in [0, 0.1) is 0 Å². The molecule has 0 spiro atoms. The molecule has 108 valence electrons. The third kappa shape index (κ3) is 5.53. The zero-order chi connectivity index (χ0) is 15.0. The van der Waals surface area contributed by atoms with E-state index < -0.39 is 17.9 Å². The molecule has 0 fully saturated rings. The number of amides is 1. The van der Waals surface area contributed by atoms with Crippen LogP contribution in [0.4, 0.5) is 0 Å². The molecule has 0 bridgehead atoms. The lowest BCUT2D eigenvalue weighted by Gasteiger charge is -2.14. The summed E-state index contributed by atoms with van der Waals surface area (Å²) in [5.74, 6) is -1.38. The van der Waals surface area contributed by atoms with Crippen LogP contribution in [-0.4, -0.2) is 41.2 Å². The van der Waals surface area contributed by atoms with Crippen LogP contribution in [0.3, 0.4) is 0 Å². The molecule has 0 aromatic heterocycles. The van der Waals surface area contributed by atoms with Gasteiger partial charge in [-0.1, -0.05) is 18.2 Å². The number of nitrogens with one attached hydrogen (secondary N) is 2. The fourth-order valence-corrected chi connectivity index (χ4v) is 1.60. The number of phenolic OH excluding ortho intramolecular Hbond substituents is 1. The fraction of sp³-hybridized carbons (Fsp3) is 0.286. The van der Waals surface area contributed by atoms with Crippen molar-refractivity contribution in [3.8, 4) is 5.75 Å². The van der Waals surface area contributed by atoms with Gasteiger partial charge in [0, 0.05) is 13.0 Å². The number of carbonyl (C=O) groups is 2. The van der Waals surface area contributed by atoms with Gasteiger partial charge in [-0.3, -0.25) is 4.79 Å². The van der Waals surface area contributed by atoms with Crippen molar-refractivity contribution in [3.05, 3.63) is 42.5 Å². The van der Waals surface area contributed by atoms with E-state index in [1.54, 1.807) is 18.2 Å². The molecule has 0 saturated carbocycles. The molecule has 0 aliphatic rings. The molecular weight excluding hydrogens is 260 g/mol. The van der Waals surface area contributed by atoms with Gasteiger partial charge in [-0.05, 0) is 17.7 Å². The first-order valence-corrected chi connectivity index (χ1v) is 6.14. The minimum absolute atomic E-state index is 0.0331.